The summed E-state index contributed by atoms with van der Waals surface area (Å²) in [5, 5.41) is 0. The molecule has 4 N–H and O–H groups in total. The van der Waals surface area contributed by atoms with Crippen molar-refractivity contribution in [3.63, 3.8) is 0 Å². The molecule has 1 aromatic heterocycles. The maximum Gasteiger partial charge on any atom is 0.223 e. The van der Waals surface area contributed by atoms with Crippen molar-refractivity contribution < 1.29 is 4.74 Å². The average Bonchev–Trinajstić information content (AvgIpc) is 2.51. The Balaban J connectivity index is 1.97. The molecule has 0 bridgehead atoms. The second-order valence-corrected chi connectivity index (χ2v) is 3.28. The number of hydrazine groups is 1. The van der Waals surface area contributed by atoms with E-state index in [1.54, 1.807) is 12.3 Å². The molecule has 1 aromatic rings. The van der Waals surface area contributed by atoms with Gasteiger partial charge in [0, 0.05) is 24.7 Å². The molecule has 14 heavy (non-hydrogen) atoms. The summed E-state index contributed by atoms with van der Waals surface area (Å²) < 4.78 is 5.52. The van der Waals surface area contributed by atoms with E-state index in [4.69, 9.17) is 10.5 Å². The SMILES string of the molecule is CC1CC(Oc2ccnc(N)n2)NN1. The summed E-state index contributed by atoms with van der Waals surface area (Å²) in [4.78, 5) is 7.72. The molecule has 1 aliphatic heterocycles. The fraction of sp³-hybridized carbons (Fsp3) is 0.500. The largest absolute Gasteiger partial charge is 0.457 e. The van der Waals surface area contributed by atoms with Crippen LogP contribution in [0.4, 0.5) is 5.95 Å². The van der Waals surface area contributed by atoms with Crippen molar-refractivity contribution in [1.82, 2.24) is 20.8 Å². The molecule has 0 amide bonds. The van der Waals surface area contributed by atoms with Crippen molar-refractivity contribution in [2.45, 2.75) is 25.6 Å². The Bertz CT molecular complexity index is 318. The number of rotatable bonds is 2. The Kier molecular flexibility index (Phi) is 2.47. The van der Waals surface area contributed by atoms with Crippen molar-refractivity contribution in [2.75, 3.05) is 5.73 Å². The minimum Gasteiger partial charge on any atom is -0.457 e. The monoisotopic (exact) mass is 195 g/mol. The molecule has 0 radical (unpaired) electrons. The zero-order valence-electron chi connectivity index (χ0n) is 7.90. The van der Waals surface area contributed by atoms with E-state index >= 15 is 0 Å². The number of hydrogen-bond donors (Lipinski definition) is 3. The topological polar surface area (TPSA) is 85.1 Å². The first-order chi connectivity index (χ1) is 6.74. The van der Waals surface area contributed by atoms with Gasteiger partial charge < -0.3 is 10.5 Å². The quantitative estimate of drug-likeness (QED) is 0.598. The Morgan fingerprint density at radius 3 is 3.07 bits per heavy atom. The number of hydrogen-bond acceptors (Lipinski definition) is 6. The molecule has 2 atom stereocenters. The molecule has 1 fully saturated rings. The van der Waals surface area contributed by atoms with Crippen molar-refractivity contribution in [2.24, 2.45) is 0 Å². The predicted molar refractivity (Wildman–Crippen MR) is 51.2 cm³/mol. The molecule has 2 heterocycles. The molecule has 2 rings (SSSR count). The van der Waals surface area contributed by atoms with Gasteiger partial charge in [0.1, 0.15) is 0 Å². The van der Waals surface area contributed by atoms with Gasteiger partial charge in [0.25, 0.3) is 0 Å². The highest BCUT2D eigenvalue weighted by molar-refractivity contribution is 5.20. The fourth-order valence-corrected chi connectivity index (χ4v) is 1.32. The fourth-order valence-electron chi connectivity index (χ4n) is 1.32. The number of nitrogen functional groups attached to an aromatic ring is 1. The van der Waals surface area contributed by atoms with Gasteiger partial charge in [-0.25, -0.2) is 10.4 Å². The van der Waals surface area contributed by atoms with Crippen molar-refractivity contribution in [3.05, 3.63) is 12.3 Å². The summed E-state index contributed by atoms with van der Waals surface area (Å²) in [6.07, 6.45) is 2.41. The number of nitrogens with zero attached hydrogens (tertiary/aromatic N) is 2. The van der Waals surface area contributed by atoms with Gasteiger partial charge in [0.05, 0.1) is 0 Å². The highest BCUT2D eigenvalue weighted by Gasteiger charge is 2.21. The first-order valence-electron chi connectivity index (χ1n) is 4.50. The maximum atomic E-state index is 5.52. The summed E-state index contributed by atoms with van der Waals surface area (Å²) >= 11 is 0. The Labute approximate surface area is 81.8 Å². The number of ether oxygens (including phenoxy) is 1. The second-order valence-electron chi connectivity index (χ2n) is 3.28. The highest BCUT2D eigenvalue weighted by atomic mass is 16.5. The van der Waals surface area contributed by atoms with Gasteiger partial charge in [-0.15, -0.1) is 0 Å². The lowest BCUT2D eigenvalue weighted by Crippen LogP contribution is -2.35. The van der Waals surface area contributed by atoms with Crippen LogP contribution >= 0.6 is 0 Å². The highest BCUT2D eigenvalue weighted by Crippen LogP contribution is 2.12. The van der Waals surface area contributed by atoms with E-state index in [2.05, 4.69) is 27.7 Å². The van der Waals surface area contributed by atoms with Gasteiger partial charge >= 0.3 is 0 Å². The van der Waals surface area contributed by atoms with E-state index in [0.29, 0.717) is 11.9 Å². The third kappa shape index (κ3) is 2.09. The van der Waals surface area contributed by atoms with Crippen LogP contribution in [0.3, 0.4) is 0 Å². The van der Waals surface area contributed by atoms with Crippen molar-refractivity contribution in [1.29, 1.82) is 0 Å². The van der Waals surface area contributed by atoms with Gasteiger partial charge in [-0.2, -0.15) is 4.98 Å². The van der Waals surface area contributed by atoms with E-state index < -0.39 is 0 Å². The lowest BCUT2D eigenvalue weighted by Gasteiger charge is -2.11. The van der Waals surface area contributed by atoms with Gasteiger partial charge in [0.2, 0.25) is 11.8 Å². The summed E-state index contributed by atoms with van der Waals surface area (Å²) in [5.41, 5.74) is 11.5. The lowest BCUT2D eigenvalue weighted by molar-refractivity contribution is 0.172. The second kappa shape index (κ2) is 3.77. The van der Waals surface area contributed by atoms with E-state index in [1.807, 2.05) is 0 Å². The minimum atomic E-state index is -0.0562. The van der Waals surface area contributed by atoms with Crippen molar-refractivity contribution >= 4 is 5.95 Å². The van der Waals surface area contributed by atoms with E-state index in [9.17, 15) is 0 Å². The van der Waals surface area contributed by atoms with Gasteiger partial charge in [0.15, 0.2) is 6.23 Å². The zero-order chi connectivity index (χ0) is 9.97. The Morgan fingerprint density at radius 1 is 1.57 bits per heavy atom. The zero-order valence-corrected chi connectivity index (χ0v) is 7.90. The van der Waals surface area contributed by atoms with Gasteiger partial charge in [-0.3, -0.25) is 5.43 Å². The van der Waals surface area contributed by atoms with Crippen LogP contribution in [-0.4, -0.2) is 22.2 Å². The number of nitrogens with two attached hydrogens (primary N) is 1. The standard InChI is InChI=1S/C8H13N5O/c1-5-4-7(13-12-5)14-6-2-3-10-8(9)11-6/h2-3,5,7,12-13H,4H2,1H3,(H2,9,10,11). The smallest absolute Gasteiger partial charge is 0.223 e. The third-order valence-corrected chi connectivity index (χ3v) is 1.97. The predicted octanol–water partition coefficient (Wildman–Crippen LogP) is -0.350. The molecular weight excluding hydrogens is 182 g/mol. The van der Waals surface area contributed by atoms with Crippen LogP contribution < -0.4 is 21.3 Å². The van der Waals surface area contributed by atoms with Crippen LogP contribution in [0.15, 0.2) is 12.3 Å². The van der Waals surface area contributed by atoms with Crippen LogP contribution in [-0.2, 0) is 0 Å². The number of nitrogens with one attached hydrogen (secondary N) is 2. The first kappa shape index (κ1) is 9.17. The van der Waals surface area contributed by atoms with E-state index in [1.165, 1.54) is 0 Å². The molecule has 1 saturated heterocycles. The molecule has 0 saturated carbocycles. The molecule has 0 aromatic carbocycles. The molecule has 1 aliphatic rings. The normalized spacial score (nSPS) is 26.4. The molecule has 2 unspecified atom stereocenters. The summed E-state index contributed by atoms with van der Waals surface area (Å²) in [6.45, 7) is 2.07. The van der Waals surface area contributed by atoms with Crippen molar-refractivity contribution in [3.8, 4) is 5.88 Å². The Morgan fingerprint density at radius 2 is 2.43 bits per heavy atom. The lowest BCUT2D eigenvalue weighted by atomic mass is 10.2. The number of aromatic nitrogens is 2. The summed E-state index contributed by atoms with van der Waals surface area (Å²) in [6, 6.07) is 2.08. The van der Waals surface area contributed by atoms with Crippen LogP contribution in [0, 0.1) is 0 Å². The summed E-state index contributed by atoms with van der Waals surface area (Å²) in [5.74, 6) is 0.715. The molecule has 0 spiro atoms. The van der Waals surface area contributed by atoms with Crippen LogP contribution in [0.5, 0.6) is 5.88 Å². The maximum absolute atomic E-state index is 5.52. The van der Waals surface area contributed by atoms with Crippen LogP contribution in [0.1, 0.15) is 13.3 Å². The average molecular weight is 195 g/mol. The molecule has 6 nitrogen and oxygen atoms in total. The first-order valence-corrected chi connectivity index (χ1v) is 4.50. The van der Waals surface area contributed by atoms with Crippen LogP contribution in [0.2, 0.25) is 0 Å². The molecule has 0 aliphatic carbocycles. The van der Waals surface area contributed by atoms with E-state index in [-0.39, 0.29) is 12.2 Å². The number of anilines is 1. The summed E-state index contributed by atoms with van der Waals surface area (Å²) in [7, 11) is 0. The van der Waals surface area contributed by atoms with E-state index in [0.717, 1.165) is 6.42 Å². The molecule has 76 valence electrons. The van der Waals surface area contributed by atoms with Crippen LogP contribution in [0.25, 0.3) is 0 Å². The van der Waals surface area contributed by atoms with Gasteiger partial charge in [-0.1, -0.05) is 0 Å². The molecule has 6 heteroatoms. The Hall–Kier alpha value is -1.40. The molecular formula is C8H13N5O. The minimum absolute atomic E-state index is 0.0562. The van der Waals surface area contributed by atoms with Gasteiger partial charge in [-0.05, 0) is 6.92 Å². The third-order valence-electron chi connectivity index (χ3n) is 1.97.